The summed E-state index contributed by atoms with van der Waals surface area (Å²) in [6.45, 7) is 8.12. The smallest absolute Gasteiger partial charge is 0.329 e. The number of benzene rings is 1. The van der Waals surface area contributed by atoms with Crippen molar-refractivity contribution >= 4 is 35.0 Å². The Morgan fingerprint density at radius 3 is 2.55 bits per heavy atom. The zero-order valence-electron chi connectivity index (χ0n) is 17.0. The fraction of sp³-hybridized carbons (Fsp3) is 0.318. The summed E-state index contributed by atoms with van der Waals surface area (Å²) in [7, 11) is 0. The predicted molar refractivity (Wildman–Crippen MR) is 113 cm³/mol. The number of aryl methyl sites for hydroxylation is 1. The molecule has 0 N–H and O–H groups in total. The van der Waals surface area contributed by atoms with Gasteiger partial charge in [-0.25, -0.2) is 4.79 Å². The molecular formula is C22H24N2O4S. The van der Waals surface area contributed by atoms with Crippen molar-refractivity contribution in [3.05, 3.63) is 63.8 Å². The number of ether oxygens (including phenoxy) is 1. The molecule has 2 heterocycles. The standard InChI is InChI=1S/C22H24N2O4S/c1-5-28-21(26)16(4)24-20(25)19(29-22(24)27)12-18-11-14(2)23(15(18)3)13-17-9-7-6-8-10-17/h6-12,16H,5,13H2,1-4H3/b19-12+/t16-/m1/s1. The number of esters is 1. The third-order valence-corrected chi connectivity index (χ3v) is 5.81. The molecule has 3 rings (SSSR count). The van der Waals surface area contributed by atoms with E-state index >= 15 is 0 Å². The number of imide groups is 1. The molecule has 2 aromatic rings. The Bertz CT molecular complexity index is 978. The van der Waals surface area contributed by atoms with Gasteiger partial charge in [0.25, 0.3) is 11.1 Å². The van der Waals surface area contributed by atoms with Crippen molar-refractivity contribution < 1.29 is 19.1 Å². The lowest BCUT2D eigenvalue weighted by Gasteiger charge is -2.19. The maximum absolute atomic E-state index is 12.8. The molecule has 6 nitrogen and oxygen atoms in total. The summed E-state index contributed by atoms with van der Waals surface area (Å²) >= 11 is 0.850. The average Bonchev–Trinajstić information content (AvgIpc) is 3.12. The molecule has 29 heavy (non-hydrogen) atoms. The number of amides is 2. The van der Waals surface area contributed by atoms with Crippen LogP contribution in [-0.4, -0.2) is 39.2 Å². The molecule has 1 aliphatic heterocycles. The number of carbonyl (C=O) groups is 3. The average molecular weight is 413 g/mol. The quantitative estimate of drug-likeness (QED) is 0.527. The topological polar surface area (TPSA) is 68.6 Å². The molecule has 0 unspecified atom stereocenters. The van der Waals surface area contributed by atoms with Crippen molar-refractivity contribution in [2.75, 3.05) is 6.61 Å². The van der Waals surface area contributed by atoms with Gasteiger partial charge in [0, 0.05) is 17.9 Å². The van der Waals surface area contributed by atoms with Gasteiger partial charge in [0.1, 0.15) is 6.04 Å². The fourth-order valence-electron chi connectivity index (χ4n) is 3.31. The van der Waals surface area contributed by atoms with E-state index in [1.54, 1.807) is 13.0 Å². The van der Waals surface area contributed by atoms with Crippen molar-refractivity contribution in [2.24, 2.45) is 0 Å². The van der Waals surface area contributed by atoms with Crippen LogP contribution in [0.3, 0.4) is 0 Å². The number of aromatic nitrogens is 1. The summed E-state index contributed by atoms with van der Waals surface area (Å²) in [5, 5.41) is -0.458. The second-order valence-electron chi connectivity index (χ2n) is 6.88. The monoisotopic (exact) mass is 412 g/mol. The molecule has 7 heteroatoms. The Kier molecular flexibility index (Phi) is 6.27. The fourth-order valence-corrected chi connectivity index (χ4v) is 4.21. The Morgan fingerprint density at radius 2 is 1.90 bits per heavy atom. The summed E-state index contributed by atoms with van der Waals surface area (Å²) in [5.74, 6) is -1.05. The first-order valence-electron chi connectivity index (χ1n) is 9.47. The van der Waals surface area contributed by atoms with Gasteiger partial charge in [-0.15, -0.1) is 0 Å². The zero-order chi connectivity index (χ0) is 21.1. The van der Waals surface area contributed by atoms with E-state index in [-0.39, 0.29) is 6.61 Å². The summed E-state index contributed by atoms with van der Waals surface area (Å²) in [6, 6.07) is 11.2. The van der Waals surface area contributed by atoms with Crippen LogP contribution in [0.1, 0.15) is 36.4 Å². The summed E-state index contributed by atoms with van der Waals surface area (Å²) in [4.78, 5) is 38.4. The van der Waals surface area contributed by atoms with E-state index in [1.165, 1.54) is 12.5 Å². The lowest BCUT2D eigenvalue weighted by Crippen LogP contribution is -2.42. The molecule has 1 atom stereocenters. The van der Waals surface area contributed by atoms with Gasteiger partial charge in [-0.2, -0.15) is 0 Å². The van der Waals surface area contributed by atoms with Crippen LogP contribution in [-0.2, 0) is 20.9 Å². The summed E-state index contributed by atoms with van der Waals surface area (Å²) in [5.41, 5.74) is 4.14. The van der Waals surface area contributed by atoms with E-state index in [0.717, 1.165) is 40.2 Å². The third-order valence-electron chi connectivity index (χ3n) is 4.92. The number of hydrogen-bond acceptors (Lipinski definition) is 5. The van der Waals surface area contributed by atoms with E-state index in [9.17, 15) is 14.4 Å². The minimum atomic E-state index is -0.945. The van der Waals surface area contributed by atoms with Crippen LogP contribution in [0.25, 0.3) is 6.08 Å². The molecule has 0 radical (unpaired) electrons. The number of hydrogen-bond donors (Lipinski definition) is 0. The Labute approximate surface area is 174 Å². The van der Waals surface area contributed by atoms with Crippen molar-refractivity contribution in [1.82, 2.24) is 9.47 Å². The summed E-state index contributed by atoms with van der Waals surface area (Å²) in [6.07, 6.45) is 1.73. The minimum absolute atomic E-state index is 0.197. The molecule has 1 aliphatic rings. The SMILES string of the molecule is CCOC(=O)[C@@H](C)N1C(=O)S/C(=C/c2cc(C)n(Cc3ccccc3)c2C)C1=O. The maximum atomic E-state index is 12.8. The third kappa shape index (κ3) is 4.29. The molecule has 1 saturated heterocycles. The molecule has 2 amide bonds. The number of nitrogens with zero attached hydrogens (tertiary/aromatic N) is 2. The van der Waals surface area contributed by atoms with E-state index in [1.807, 2.05) is 38.1 Å². The van der Waals surface area contributed by atoms with Crippen molar-refractivity contribution in [2.45, 2.75) is 40.3 Å². The first kappa shape index (κ1) is 20.9. The molecule has 1 aromatic carbocycles. The van der Waals surface area contributed by atoms with Gasteiger partial charge < -0.3 is 9.30 Å². The lowest BCUT2D eigenvalue weighted by molar-refractivity contribution is -0.150. The van der Waals surface area contributed by atoms with Gasteiger partial charge in [-0.05, 0) is 62.7 Å². The first-order chi connectivity index (χ1) is 13.8. The van der Waals surface area contributed by atoms with E-state index < -0.39 is 23.2 Å². The number of carbonyl (C=O) groups excluding carboxylic acids is 3. The highest BCUT2D eigenvalue weighted by molar-refractivity contribution is 8.18. The van der Waals surface area contributed by atoms with E-state index in [0.29, 0.717) is 4.91 Å². The zero-order valence-corrected chi connectivity index (χ0v) is 17.8. The van der Waals surface area contributed by atoms with Gasteiger partial charge in [0.15, 0.2) is 0 Å². The van der Waals surface area contributed by atoms with Crippen molar-refractivity contribution in [1.29, 1.82) is 0 Å². The van der Waals surface area contributed by atoms with Crippen LogP contribution >= 0.6 is 11.8 Å². The largest absolute Gasteiger partial charge is 0.464 e. The van der Waals surface area contributed by atoms with E-state index in [4.69, 9.17) is 4.74 Å². The highest BCUT2D eigenvalue weighted by atomic mass is 32.2. The molecule has 0 saturated carbocycles. The first-order valence-corrected chi connectivity index (χ1v) is 10.3. The normalized spacial score (nSPS) is 16.6. The Morgan fingerprint density at radius 1 is 1.21 bits per heavy atom. The lowest BCUT2D eigenvalue weighted by atomic mass is 10.2. The molecule has 0 spiro atoms. The second-order valence-corrected chi connectivity index (χ2v) is 7.87. The molecule has 0 bridgehead atoms. The van der Waals surface area contributed by atoms with Crippen LogP contribution in [0.2, 0.25) is 0 Å². The predicted octanol–water partition coefficient (Wildman–Crippen LogP) is 4.14. The van der Waals surface area contributed by atoms with Gasteiger partial charge >= 0.3 is 5.97 Å². The van der Waals surface area contributed by atoms with Gasteiger partial charge in [0.05, 0.1) is 11.5 Å². The van der Waals surface area contributed by atoms with Gasteiger partial charge in [-0.3, -0.25) is 14.5 Å². The van der Waals surface area contributed by atoms with Gasteiger partial charge in [-0.1, -0.05) is 30.3 Å². The molecule has 0 aliphatic carbocycles. The van der Waals surface area contributed by atoms with Crippen molar-refractivity contribution in [3.8, 4) is 0 Å². The van der Waals surface area contributed by atoms with E-state index in [2.05, 4.69) is 16.7 Å². The number of rotatable bonds is 6. The Hall–Kier alpha value is -2.80. The van der Waals surface area contributed by atoms with Gasteiger partial charge in [0.2, 0.25) is 0 Å². The second kappa shape index (κ2) is 8.69. The van der Waals surface area contributed by atoms with Crippen LogP contribution in [0, 0.1) is 13.8 Å². The Balaban J connectivity index is 1.85. The summed E-state index contributed by atoms with van der Waals surface area (Å²) < 4.78 is 7.12. The highest BCUT2D eigenvalue weighted by Gasteiger charge is 2.41. The van der Waals surface area contributed by atoms with Crippen LogP contribution in [0.15, 0.2) is 41.3 Å². The maximum Gasteiger partial charge on any atom is 0.329 e. The van der Waals surface area contributed by atoms with Crippen LogP contribution in [0.4, 0.5) is 4.79 Å². The molecule has 152 valence electrons. The number of thioether (sulfide) groups is 1. The van der Waals surface area contributed by atoms with Crippen molar-refractivity contribution in [3.63, 3.8) is 0 Å². The highest BCUT2D eigenvalue weighted by Crippen LogP contribution is 2.34. The molecule has 1 fully saturated rings. The molecular weight excluding hydrogens is 388 g/mol. The van der Waals surface area contributed by atoms with Crippen LogP contribution in [0.5, 0.6) is 0 Å². The van der Waals surface area contributed by atoms with Crippen LogP contribution < -0.4 is 0 Å². The molecule has 1 aromatic heterocycles. The minimum Gasteiger partial charge on any atom is -0.464 e.